The number of benzene rings is 2. The van der Waals surface area contributed by atoms with Crippen LogP contribution < -0.4 is 15.5 Å². The lowest BCUT2D eigenvalue weighted by Gasteiger charge is -2.34. The first-order valence-electron chi connectivity index (χ1n) is 11.4. The van der Waals surface area contributed by atoms with Crippen molar-refractivity contribution < 1.29 is 4.79 Å². The molecule has 4 rings (SSSR count). The minimum Gasteiger partial charge on any atom is -0.344 e. The first-order chi connectivity index (χ1) is 16.0. The molecule has 2 heterocycles. The van der Waals surface area contributed by atoms with Crippen molar-refractivity contribution in [2.45, 2.75) is 27.2 Å². The summed E-state index contributed by atoms with van der Waals surface area (Å²) in [7, 11) is 0. The number of hydrogen-bond acceptors (Lipinski definition) is 6. The van der Waals surface area contributed by atoms with Crippen molar-refractivity contribution in [2.24, 2.45) is 0 Å². The molecule has 0 aliphatic carbocycles. The van der Waals surface area contributed by atoms with Crippen molar-refractivity contribution in [1.29, 1.82) is 0 Å². The van der Waals surface area contributed by atoms with E-state index in [2.05, 4.69) is 62.9 Å². The van der Waals surface area contributed by atoms with Crippen LogP contribution in [0.15, 0.2) is 42.5 Å². The van der Waals surface area contributed by atoms with Crippen LogP contribution in [0.25, 0.3) is 0 Å². The molecule has 174 valence electrons. The minimum atomic E-state index is -0.160. The average molecular weight is 465 g/mol. The van der Waals surface area contributed by atoms with Gasteiger partial charge in [-0.2, -0.15) is 4.37 Å². The van der Waals surface area contributed by atoms with E-state index < -0.39 is 0 Å². The molecule has 1 aromatic heterocycles. The zero-order valence-corrected chi connectivity index (χ0v) is 20.4. The Balaban J connectivity index is 1.17. The van der Waals surface area contributed by atoms with E-state index in [1.54, 1.807) is 0 Å². The van der Waals surface area contributed by atoms with E-state index in [9.17, 15) is 4.79 Å². The van der Waals surface area contributed by atoms with Gasteiger partial charge in [0.15, 0.2) is 0 Å². The fourth-order valence-corrected chi connectivity index (χ4v) is 4.55. The van der Waals surface area contributed by atoms with Gasteiger partial charge in [-0.05, 0) is 49.6 Å². The molecule has 8 heteroatoms. The normalized spacial score (nSPS) is 14.3. The number of nitrogens with zero attached hydrogens (tertiary/aromatic N) is 4. The summed E-state index contributed by atoms with van der Waals surface area (Å²) in [6, 6.07) is 14.3. The fraction of sp³-hybridized carbons (Fsp3) is 0.400. The molecule has 0 spiro atoms. The summed E-state index contributed by atoms with van der Waals surface area (Å²) < 4.78 is 4.56. The van der Waals surface area contributed by atoms with E-state index in [0.717, 1.165) is 55.8 Å². The Kier molecular flexibility index (Phi) is 7.57. The Morgan fingerprint density at radius 2 is 1.76 bits per heavy atom. The molecule has 0 saturated carbocycles. The van der Waals surface area contributed by atoms with Gasteiger partial charge in [-0.1, -0.05) is 35.9 Å². The lowest BCUT2D eigenvalue weighted by atomic mass is 10.1. The third kappa shape index (κ3) is 6.52. The van der Waals surface area contributed by atoms with Crippen LogP contribution in [-0.2, 0) is 6.42 Å². The van der Waals surface area contributed by atoms with Crippen LogP contribution in [0.2, 0.25) is 0 Å². The van der Waals surface area contributed by atoms with E-state index in [0.29, 0.717) is 6.54 Å². The maximum absolute atomic E-state index is 12.2. The number of piperazine rings is 1. The number of carbonyl (C=O) groups is 1. The van der Waals surface area contributed by atoms with Crippen LogP contribution >= 0.6 is 11.5 Å². The second-order valence-electron chi connectivity index (χ2n) is 8.66. The molecule has 1 aliphatic heterocycles. The average Bonchev–Trinajstić information content (AvgIpc) is 3.27. The summed E-state index contributed by atoms with van der Waals surface area (Å²) in [6.45, 7) is 11.4. The SMILES string of the molecule is Cc1ccc(Cc2nsc(N3CCN(CCNC(=O)Nc4ccc(C)c(C)c4)CC3)n2)cc1. The van der Waals surface area contributed by atoms with Crippen molar-refractivity contribution in [3.05, 3.63) is 70.5 Å². The van der Waals surface area contributed by atoms with E-state index in [1.807, 2.05) is 25.1 Å². The molecular formula is C25H32N6OS. The molecule has 0 atom stereocenters. The molecule has 1 fully saturated rings. The van der Waals surface area contributed by atoms with Crippen molar-refractivity contribution >= 4 is 28.4 Å². The van der Waals surface area contributed by atoms with Gasteiger partial charge in [0, 0.05) is 62.9 Å². The largest absolute Gasteiger partial charge is 0.344 e. The molecule has 2 aromatic carbocycles. The molecule has 33 heavy (non-hydrogen) atoms. The first kappa shape index (κ1) is 23.2. The smallest absolute Gasteiger partial charge is 0.319 e. The van der Waals surface area contributed by atoms with Gasteiger partial charge in [0.25, 0.3) is 0 Å². The van der Waals surface area contributed by atoms with Crippen LogP contribution in [0.5, 0.6) is 0 Å². The molecule has 1 saturated heterocycles. The van der Waals surface area contributed by atoms with Gasteiger partial charge in [-0.3, -0.25) is 4.90 Å². The zero-order chi connectivity index (χ0) is 23.2. The molecule has 7 nitrogen and oxygen atoms in total. The number of hydrogen-bond donors (Lipinski definition) is 2. The molecule has 0 bridgehead atoms. The highest BCUT2D eigenvalue weighted by Crippen LogP contribution is 2.20. The summed E-state index contributed by atoms with van der Waals surface area (Å²) in [5.74, 6) is 0.889. The van der Waals surface area contributed by atoms with E-state index in [-0.39, 0.29) is 6.03 Å². The number of urea groups is 1. The molecule has 0 radical (unpaired) electrons. The van der Waals surface area contributed by atoms with Gasteiger partial charge in [0.05, 0.1) is 0 Å². The number of aryl methyl sites for hydroxylation is 3. The highest BCUT2D eigenvalue weighted by atomic mass is 32.1. The maximum Gasteiger partial charge on any atom is 0.319 e. The standard InChI is InChI=1S/C25H32N6OS/c1-18-4-7-21(8-5-18)17-23-28-25(33-29-23)31-14-12-30(13-15-31)11-10-26-24(32)27-22-9-6-19(2)20(3)16-22/h4-9,16H,10-15,17H2,1-3H3,(H2,26,27,32). The van der Waals surface area contributed by atoms with E-state index >= 15 is 0 Å². The van der Waals surface area contributed by atoms with Gasteiger partial charge < -0.3 is 15.5 Å². The predicted molar refractivity (Wildman–Crippen MR) is 135 cm³/mol. The monoisotopic (exact) mass is 464 g/mol. The Hall–Kier alpha value is -2.97. The molecule has 2 N–H and O–H groups in total. The quantitative estimate of drug-likeness (QED) is 0.553. The summed E-state index contributed by atoms with van der Waals surface area (Å²) in [4.78, 5) is 21.6. The zero-order valence-electron chi connectivity index (χ0n) is 19.6. The Bertz CT molecular complexity index is 1070. The molecule has 1 aliphatic rings. The van der Waals surface area contributed by atoms with Crippen molar-refractivity contribution in [3.8, 4) is 0 Å². The lowest BCUT2D eigenvalue weighted by molar-refractivity contribution is 0.240. The highest BCUT2D eigenvalue weighted by molar-refractivity contribution is 7.09. The number of rotatable bonds is 7. The van der Waals surface area contributed by atoms with Gasteiger partial charge >= 0.3 is 6.03 Å². The van der Waals surface area contributed by atoms with Gasteiger partial charge in [-0.25, -0.2) is 9.78 Å². The number of carbonyl (C=O) groups excluding carboxylic acids is 1. The van der Waals surface area contributed by atoms with Crippen LogP contribution in [0.3, 0.4) is 0 Å². The van der Waals surface area contributed by atoms with Gasteiger partial charge in [0.1, 0.15) is 5.82 Å². The van der Waals surface area contributed by atoms with Crippen molar-refractivity contribution in [1.82, 2.24) is 19.6 Å². The lowest BCUT2D eigenvalue weighted by Crippen LogP contribution is -2.48. The van der Waals surface area contributed by atoms with Crippen LogP contribution in [-0.4, -0.2) is 59.6 Å². The maximum atomic E-state index is 12.2. The molecule has 2 amide bonds. The Morgan fingerprint density at radius 3 is 2.48 bits per heavy atom. The minimum absolute atomic E-state index is 0.160. The second-order valence-corrected chi connectivity index (χ2v) is 9.39. The number of aromatic nitrogens is 2. The third-order valence-electron chi connectivity index (χ3n) is 6.06. The number of anilines is 2. The van der Waals surface area contributed by atoms with Crippen LogP contribution in [0.1, 0.15) is 28.1 Å². The highest BCUT2D eigenvalue weighted by Gasteiger charge is 2.20. The van der Waals surface area contributed by atoms with E-state index in [4.69, 9.17) is 4.98 Å². The van der Waals surface area contributed by atoms with Crippen molar-refractivity contribution in [3.63, 3.8) is 0 Å². The summed E-state index contributed by atoms with van der Waals surface area (Å²) in [5.41, 5.74) is 5.71. The van der Waals surface area contributed by atoms with Crippen LogP contribution in [0.4, 0.5) is 15.6 Å². The predicted octanol–water partition coefficient (Wildman–Crippen LogP) is 4.00. The topological polar surface area (TPSA) is 73.4 Å². The van der Waals surface area contributed by atoms with Gasteiger partial charge in [-0.15, -0.1) is 0 Å². The van der Waals surface area contributed by atoms with Crippen LogP contribution in [0, 0.1) is 20.8 Å². The first-order valence-corrected chi connectivity index (χ1v) is 12.2. The molecule has 0 unspecified atom stereocenters. The summed E-state index contributed by atoms with van der Waals surface area (Å²) in [5, 5.41) is 6.87. The summed E-state index contributed by atoms with van der Waals surface area (Å²) in [6.07, 6.45) is 0.770. The Morgan fingerprint density at radius 1 is 1.00 bits per heavy atom. The summed E-state index contributed by atoms with van der Waals surface area (Å²) >= 11 is 1.49. The third-order valence-corrected chi connectivity index (χ3v) is 6.88. The second kappa shape index (κ2) is 10.8. The number of nitrogens with one attached hydrogen (secondary N) is 2. The fourth-order valence-electron chi connectivity index (χ4n) is 3.82. The Labute approximate surface area is 200 Å². The molecule has 3 aromatic rings. The van der Waals surface area contributed by atoms with E-state index in [1.165, 1.54) is 33.8 Å². The number of amides is 2. The molecular weight excluding hydrogens is 432 g/mol. The van der Waals surface area contributed by atoms with Crippen molar-refractivity contribution in [2.75, 3.05) is 49.5 Å². The van der Waals surface area contributed by atoms with Gasteiger partial charge in [0.2, 0.25) is 5.13 Å².